The third-order valence-electron chi connectivity index (χ3n) is 2.90. The van der Waals surface area contributed by atoms with Crippen LogP contribution in [-0.2, 0) is 19.6 Å². The van der Waals surface area contributed by atoms with Crippen molar-refractivity contribution in [3.63, 3.8) is 0 Å². The van der Waals surface area contributed by atoms with Gasteiger partial charge in [-0.1, -0.05) is 12.2 Å². The molecule has 19 heavy (non-hydrogen) atoms. The number of methoxy groups -OCH3 is 1. The number of ether oxygens (including phenoxy) is 1. The van der Waals surface area contributed by atoms with Crippen LogP contribution in [0, 0.1) is 0 Å². The van der Waals surface area contributed by atoms with Crippen LogP contribution in [0.5, 0.6) is 0 Å². The number of hydrogen-bond acceptors (Lipinski definition) is 6. The summed E-state index contributed by atoms with van der Waals surface area (Å²) in [6.45, 7) is 2.48. The molecular formula is C10H19N3O4S2. The number of thiocarbonyl (C=S) groups is 1. The van der Waals surface area contributed by atoms with E-state index in [1.807, 2.05) is 4.90 Å². The molecule has 0 aromatic carbocycles. The summed E-state index contributed by atoms with van der Waals surface area (Å²) in [5.41, 5.74) is 5.45. The Morgan fingerprint density at radius 2 is 1.89 bits per heavy atom. The van der Waals surface area contributed by atoms with Crippen molar-refractivity contribution in [2.45, 2.75) is 6.42 Å². The Labute approximate surface area is 118 Å². The summed E-state index contributed by atoms with van der Waals surface area (Å²) in [5.74, 6) is -0.731. The number of rotatable bonds is 6. The molecule has 7 nitrogen and oxygen atoms in total. The number of carbonyl (C=O) groups excluding carboxylic acids is 1. The number of piperazine rings is 1. The van der Waals surface area contributed by atoms with Gasteiger partial charge < -0.3 is 10.5 Å². The number of sulfonamides is 1. The van der Waals surface area contributed by atoms with Crippen LogP contribution < -0.4 is 5.73 Å². The quantitative estimate of drug-likeness (QED) is 0.486. The summed E-state index contributed by atoms with van der Waals surface area (Å²) in [5, 5.41) is 0. The van der Waals surface area contributed by atoms with Gasteiger partial charge in [0.25, 0.3) is 0 Å². The Hall–Kier alpha value is -0.770. The van der Waals surface area contributed by atoms with E-state index < -0.39 is 16.0 Å². The van der Waals surface area contributed by atoms with Gasteiger partial charge in [-0.05, 0) is 0 Å². The third-order valence-corrected chi connectivity index (χ3v) is 4.90. The van der Waals surface area contributed by atoms with Gasteiger partial charge in [0.15, 0.2) is 0 Å². The Kier molecular flexibility index (Phi) is 6.11. The number of hydrogen-bond donors (Lipinski definition) is 1. The van der Waals surface area contributed by atoms with E-state index in [2.05, 4.69) is 4.74 Å². The number of nitrogens with two attached hydrogens (primary N) is 1. The van der Waals surface area contributed by atoms with E-state index in [0.29, 0.717) is 37.7 Å². The fraction of sp³-hybridized carbons (Fsp3) is 0.800. The number of carbonyl (C=O) groups is 1. The molecule has 0 spiro atoms. The minimum atomic E-state index is -3.40. The van der Waals surface area contributed by atoms with Crippen molar-refractivity contribution in [1.82, 2.24) is 9.21 Å². The highest BCUT2D eigenvalue weighted by Crippen LogP contribution is 2.09. The normalized spacial score (nSPS) is 18.2. The first-order valence-corrected chi connectivity index (χ1v) is 7.92. The summed E-state index contributed by atoms with van der Waals surface area (Å²) >= 11 is 4.82. The second-order valence-electron chi connectivity index (χ2n) is 4.28. The molecule has 0 bridgehead atoms. The molecule has 2 N–H and O–H groups in total. The highest BCUT2D eigenvalue weighted by atomic mass is 32.2. The molecule has 1 heterocycles. The second-order valence-corrected chi connectivity index (χ2v) is 6.90. The van der Waals surface area contributed by atoms with Gasteiger partial charge in [-0.25, -0.2) is 8.42 Å². The highest BCUT2D eigenvalue weighted by Gasteiger charge is 2.27. The fourth-order valence-corrected chi connectivity index (χ4v) is 3.41. The van der Waals surface area contributed by atoms with Crippen molar-refractivity contribution in [2.75, 3.05) is 45.6 Å². The lowest BCUT2D eigenvalue weighted by Crippen LogP contribution is -2.50. The van der Waals surface area contributed by atoms with E-state index in [9.17, 15) is 13.2 Å². The van der Waals surface area contributed by atoms with Gasteiger partial charge in [0.2, 0.25) is 10.0 Å². The van der Waals surface area contributed by atoms with Gasteiger partial charge in [0.1, 0.15) is 0 Å². The first-order valence-electron chi connectivity index (χ1n) is 5.90. The Morgan fingerprint density at radius 3 is 2.37 bits per heavy atom. The van der Waals surface area contributed by atoms with E-state index in [0.717, 1.165) is 0 Å². The largest absolute Gasteiger partial charge is 0.469 e. The Balaban J connectivity index is 2.45. The molecule has 1 rings (SSSR count). The summed E-state index contributed by atoms with van der Waals surface area (Å²) in [4.78, 5) is 13.4. The van der Waals surface area contributed by atoms with Gasteiger partial charge in [-0.3, -0.25) is 9.69 Å². The maximum Gasteiger partial charge on any atom is 0.306 e. The van der Waals surface area contributed by atoms with Crippen LogP contribution in [0.15, 0.2) is 0 Å². The minimum absolute atomic E-state index is 0.119. The van der Waals surface area contributed by atoms with Crippen molar-refractivity contribution < 1.29 is 17.9 Å². The molecule has 110 valence electrons. The highest BCUT2D eigenvalue weighted by molar-refractivity contribution is 7.89. The van der Waals surface area contributed by atoms with Crippen molar-refractivity contribution >= 4 is 33.2 Å². The smallest absolute Gasteiger partial charge is 0.306 e. The van der Waals surface area contributed by atoms with Crippen LogP contribution in [0.1, 0.15) is 6.42 Å². The van der Waals surface area contributed by atoms with E-state index in [4.69, 9.17) is 18.0 Å². The molecule has 0 atom stereocenters. The Morgan fingerprint density at radius 1 is 1.32 bits per heavy atom. The van der Waals surface area contributed by atoms with Crippen molar-refractivity contribution in [3.05, 3.63) is 0 Å². The Bertz CT molecular complexity index is 430. The molecule has 0 radical (unpaired) electrons. The predicted octanol–water partition coefficient (Wildman–Crippen LogP) is -1.22. The summed E-state index contributed by atoms with van der Waals surface area (Å²) < 4.78 is 29.8. The lowest BCUT2D eigenvalue weighted by Gasteiger charge is -2.33. The van der Waals surface area contributed by atoms with Gasteiger partial charge in [0.05, 0.1) is 24.3 Å². The van der Waals surface area contributed by atoms with E-state index in [1.165, 1.54) is 11.4 Å². The lowest BCUT2D eigenvalue weighted by molar-refractivity contribution is -0.140. The molecule has 0 aromatic heterocycles. The molecule has 0 unspecified atom stereocenters. The standard InChI is InChI=1S/C10H19N3O4S2/c1-17-10(14)2-7-19(15,16)13-5-3-12(4-6-13)8-9(11)18/h2-8H2,1H3,(H2,11,18). The van der Waals surface area contributed by atoms with Gasteiger partial charge in [-0.2, -0.15) is 4.31 Å². The van der Waals surface area contributed by atoms with E-state index in [1.54, 1.807) is 0 Å². The molecule has 9 heteroatoms. The lowest BCUT2D eigenvalue weighted by atomic mass is 10.3. The van der Waals surface area contributed by atoms with Crippen LogP contribution in [0.25, 0.3) is 0 Å². The first kappa shape index (κ1) is 16.3. The molecule has 1 aliphatic rings. The third kappa shape index (κ3) is 5.39. The molecule has 0 amide bonds. The predicted molar refractivity (Wildman–Crippen MR) is 75.2 cm³/mol. The van der Waals surface area contributed by atoms with Crippen molar-refractivity contribution in [2.24, 2.45) is 5.73 Å². The molecular weight excluding hydrogens is 290 g/mol. The molecule has 1 aliphatic heterocycles. The summed E-state index contributed by atoms with van der Waals surface area (Å²) in [6, 6.07) is 0. The summed E-state index contributed by atoms with van der Waals surface area (Å²) in [7, 11) is -2.16. The van der Waals surface area contributed by atoms with Crippen LogP contribution in [0.4, 0.5) is 0 Å². The number of esters is 1. The molecule has 0 aromatic rings. The van der Waals surface area contributed by atoms with Gasteiger partial charge >= 0.3 is 5.97 Å². The zero-order valence-corrected chi connectivity index (χ0v) is 12.5. The monoisotopic (exact) mass is 309 g/mol. The number of nitrogens with zero attached hydrogens (tertiary/aromatic N) is 2. The average molecular weight is 309 g/mol. The van der Waals surface area contributed by atoms with Crippen LogP contribution in [0.2, 0.25) is 0 Å². The summed E-state index contributed by atoms with van der Waals surface area (Å²) in [6.07, 6.45) is -0.119. The van der Waals surface area contributed by atoms with Crippen LogP contribution in [0.3, 0.4) is 0 Å². The van der Waals surface area contributed by atoms with Gasteiger partial charge in [0, 0.05) is 32.7 Å². The fourth-order valence-electron chi connectivity index (χ4n) is 1.83. The molecule has 1 saturated heterocycles. The van der Waals surface area contributed by atoms with E-state index in [-0.39, 0.29) is 12.2 Å². The average Bonchev–Trinajstić information content (AvgIpc) is 2.36. The van der Waals surface area contributed by atoms with Crippen LogP contribution >= 0.6 is 12.2 Å². The minimum Gasteiger partial charge on any atom is -0.469 e. The zero-order valence-electron chi connectivity index (χ0n) is 10.9. The SMILES string of the molecule is COC(=O)CCS(=O)(=O)N1CCN(CC(N)=S)CC1. The van der Waals surface area contributed by atoms with E-state index >= 15 is 0 Å². The van der Waals surface area contributed by atoms with Crippen molar-refractivity contribution in [3.8, 4) is 0 Å². The topological polar surface area (TPSA) is 92.9 Å². The molecule has 0 saturated carbocycles. The van der Waals surface area contributed by atoms with Crippen LogP contribution in [-0.4, -0.2) is 74.2 Å². The zero-order chi connectivity index (χ0) is 14.5. The van der Waals surface area contributed by atoms with Gasteiger partial charge in [-0.15, -0.1) is 0 Å². The second kappa shape index (κ2) is 7.13. The van der Waals surface area contributed by atoms with Crippen molar-refractivity contribution in [1.29, 1.82) is 0 Å². The molecule has 0 aliphatic carbocycles. The maximum atomic E-state index is 12.0. The molecule has 1 fully saturated rings. The first-order chi connectivity index (χ1) is 8.85. The maximum absolute atomic E-state index is 12.0.